The van der Waals surface area contributed by atoms with Crippen molar-refractivity contribution in [2.45, 2.75) is 30.8 Å². The first-order valence-corrected chi connectivity index (χ1v) is 8.31. The second-order valence-electron chi connectivity index (χ2n) is 4.71. The zero-order valence-electron chi connectivity index (χ0n) is 12.2. The second-order valence-corrected chi connectivity index (χ2v) is 6.83. The van der Waals surface area contributed by atoms with E-state index in [1.807, 2.05) is 0 Å². The van der Waals surface area contributed by atoms with Gasteiger partial charge in [-0.15, -0.1) is 0 Å². The lowest BCUT2D eigenvalue weighted by Gasteiger charge is -2.15. The Hall–Kier alpha value is -0.730. The second kappa shape index (κ2) is 8.05. The maximum absolute atomic E-state index is 14.3. The smallest absolute Gasteiger partial charge is 0.243 e. The van der Waals surface area contributed by atoms with Crippen LogP contribution in [-0.4, -0.2) is 35.2 Å². The largest absolute Gasteiger partial charge is 0.385 e. The van der Waals surface area contributed by atoms with Crippen LogP contribution in [0.1, 0.15) is 18.9 Å². The molecule has 1 atom stereocenters. The minimum atomic E-state index is -3.98. The van der Waals surface area contributed by atoms with Gasteiger partial charge < -0.3 is 10.1 Å². The van der Waals surface area contributed by atoms with Crippen molar-refractivity contribution in [3.63, 3.8) is 0 Å². The van der Waals surface area contributed by atoms with E-state index in [0.29, 0.717) is 13.0 Å². The summed E-state index contributed by atoms with van der Waals surface area (Å²) in [7, 11) is -0.809. The summed E-state index contributed by atoms with van der Waals surface area (Å²) in [5.74, 6) is -0.791. The first-order chi connectivity index (χ1) is 9.81. The molecule has 0 bridgehead atoms. The molecule has 0 saturated heterocycles. The van der Waals surface area contributed by atoms with Gasteiger partial charge in [-0.1, -0.05) is 11.6 Å². The molecule has 21 heavy (non-hydrogen) atoms. The monoisotopic (exact) mass is 338 g/mol. The molecule has 0 aliphatic carbocycles. The summed E-state index contributed by atoms with van der Waals surface area (Å²) in [5, 5.41) is 2.94. The Morgan fingerprint density at radius 3 is 2.67 bits per heavy atom. The Kier molecular flexibility index (Phi) is 7.02. The number of methoxy groups -OCH3 is 1. The van der Waals surface area contributed by atoms with E-state index in [9.17, 15) is 12.8 Å². The third kappa shape index (κ3) is 5.19. The zero-order valence-corrected chi connectivity index (χ0v) is 13.8. The average Bonchev–Trinajstić information content (AvgIpc) is 2.39. The predicted octanol–water partition coefficient (Wildman–Crippen LogP) is 1.90. The molecular formula is C13H20ClFN2O3S. The van der Waals surface area contributed by atoms with Crippen LogP contribution < -0.4 is 10.0 Å². The Morgan fingerprint density at radius 2 is 2.10 bits per heavy atom. The van der Waals surface area contributed by atoms with Crippen LogP contribution in [0, 0.1) is 5.82 Å². The van der Waals surface area contributed by atoms with E-state index >= 15 is 0 Å². The number of hydrogen-bond acceptors (Lipinski definition) is 4. The van der Waals surface area contributed by atoms with Crippen molar-refractivity contribution in [3.8, 4) is 0 Å². The van der Waals surface area contributed by atoms with E-state index in [4.69, 9.17) is 16.3 Å². The summed E-state index contributed by atoms with van der Waals surface area (Å²) in [6.07, 6.45) is 0.487. The lowest BCUT2D eigenvalue weighted by atomic mass is 10.2. The molecule has 0 heterocycles. The Morgan fingerprint density at radius 1 is 1.43 bits per heavy atom. The van der Waals surface area contributed by atoms with E-state index in [2.05, 4.69) is 10.0 Å². The highest BCUT2D eigenvalue weighted by molar-refractivity contribution is 7.89. The standard InChI is InChI=1S/C13H20ClFN2O3S/c1-9(4-5-20-3)17-21(18,19)12-7-11(14)6-10(8-16-2)13(12)15/h6-7,9,16-17H,4-5,8H2,1-3H3. The SMILES string of the molecule is CNCc1cc(Cl)cc(S(=O)(=O)NC(C)CCOC)c1F. The Labute approximate surface area is 129 Å². The van der Waals surface area contributed by atoms with Gasteiger partial charge in [0.1, 0.15) is 10.7 Å². The quantitative estimate of drug-likeness (QED) is 0.759. The van der Waals surface area contributed by atoms with Gasteiger partial charge in [0.25, 0.3) is 0 Å². The molecule has 0 aliphatic heterocycles. The van der Waals surface area contributed by atoms with Crippen molar-refractivity contribution in [2.75, 3.05) is 20.8 Å². The van der Waals surface area contributed by atoms with E-state index in [-0.39, 0.29) is 23.2 Å². The fourth-order valence-corrected chi connectivity index (χ4v) is 3.54. The molecule has 0 spiro atoms. The van der Waals surface area contributed by atoms with Crippen molar-refractivity contribution < 1.29 is 17.5 Å². The normalized spacial score (nSPS) is 13.4. The number of benzene rings is 1. The number of ether oxygens (including phenoxy) is 1. The van der Waals surface area contributed by atoms with Crippen LogP contribution in [0.3, 0.4) is 0 Å². The van der Waals surface area contributed by atoms with Crippen LogP contribution in [0.25, 0.3) is 0 Å². The molecule has 5 nitrogen and oxygen atoms in total. The molecule has 0 saturated carbocycles. The lowest BCUT2D eigenvalue weighted by Crippen LogP contribution is -2.34. The van der Waals surface area contributed by atoms with Crippen LogP contribution >= 0.6 is 11.6 Å². The van der Waals surface area contributed by atoms with Crippen LogP contribution in [0.5, 0.6) is 0 Å². The van der Waals surface area contributed by atoms with Gasteiger partial charge >= 0.3 is 0 Å². The highest BCUT2D eigenvalue weighted by Crippen LogP contribution is 2.24. The summed E-state index contributed by atoms with van der Waals surface area (Å²) in [6.45, 7) is 2.29. The van der Waals surface area contributed by atoms with Crippen molar-refractivity contribution in [2.24, 2.45) is 0 Å². The molecule has 1 aromatic rings. The maximum atomic E-state index is 14.3. The van der Waals surface area contributed by atoms with E-state index in [1.165, 1.54) is 13.2 Å². The first kappa shape index (κ1) is 18.3. The van der Waals surface area contributed by atoms with Gasteiger partial charge in [-0.05, 0) is 32.5 Å². The molecule has 0 fully saturated rings. The minimum absolute atomic E-state index is 0.173. The molecule has 1 rings (SSSR count). The van der Waals surface area contributed by atoms with Crippen LogP contribution in [0.4, 0.5) is 4.39 Å². The molecular weight excluding hydrogens is 319 g/mol. The molecule has 120 valence electrons. The molecule has 2 N–H and O–H groups in total. The zero-order chi connectivity index (χ0) is 16.0. The van der Waals surface area contributed by atoms with Gasteiger partial charge in [0.05, 0.1) is 0 Å². The van der Waals surface area contributed by atoms with Crippen LogP contribution in [0.2, 0.25) is 5.02 Å². The summed E-state index contributed by atoms with van der Waals surface area (Å²) < 4.78 is 46.1. The number of nitrogens with one attached hydrogen (secondary N) is 2. The van der Waals surface area contributed by atoms with Crippen molar-refractivity contribution in [3.05, 3.63) is 28.5 Å². The first-order valence-electron chi connectivity index (χ1n) is 6.45. The average molecular weight is 339 g/mol. The van der Waals surface area contributed by atoms with Gasteiger partial charge in [-0.2, -0.15) is 0 Å². The predicted molar refractivity (Wildman–Crippen MR) is 80.5 cm³/mol. The summed E-state index contributed by atoms with van der Waals surface area (Å²) in [5.41, 5.74) is 0.204. The number of sulfonamides is 1. The topological polar surface area (TPSA) is 67.4 Å². The summed E-state index contributed by atoms with van der Waals surface area (Å²) in [4.78, 5) is -0.440. The fourth-order valence-electron chi connectivity index (χ4n) is 1.81. The summed E-state index contributed by atoms with van der Waals surface area (Å²) in [6, 6.07) is 2.14. The van der Waals surface area contributed by atoms with Gasteiger partial charge in [-0.25, -0.2) is 17.5 Å². The van der Waals surface area contributed by atoms with E-state index in [1.54, 1.807) is 14.0 Å². The highest BCUT2D eigenvalue weighted by atomic mass is 35.5. The van der Waals surface area contributed by atoms with E-state index < -0.39 is 20.7 Å². The van der Waals surface area contributed by atoms with Crippen LogP contribution in [-0.2, 0) is 21.3 Å². The molecule has 0 amide bonds. The molecule has 0 radical (unpaired) electrons. The Bertz CT molecular complexity index is 581. The van der Waals surface area contributed by atoms with Crippen molar-refractivity contribution in [1.82, 2.24) is 10.0 Å². The Balaban J connectivity index is 3.07. The lowest BCUT2D eigenvalue weighted by molar-refractivity contribution is 0.188. The van der Waals surface area contributed by atoms with Gasteiger partial charge in [0.15, 0.2) is 0 Å². The van der Waals surface area contributed by atoms with E-state index in [0.717, 1.165) is 6.07 Å². The number of rotatable bonds is 8. The highest BCUT2D eigenvalue weighted by Gasteiger charge is 2.24. The minimum Gasteiger partial charge on any atom is -0.385 e. The van der Waals surface area contributed by atoms with Gasteiger partial charge in [0, 0.05) is 36.9 Å². The van der Waals surface area contributed by atoms with Crippen LogP contribution in [0.15, 0.2) is 17.0 Å². The van der Waals surface area contributed by atoms with Gasteiger partial charge in [0.2, 0.25) is 10.0 Å². The van der Waals surface area contributed by atoms with Crippen molar-refractivity contribution >= 4 is 21.6 Å². The summed E-state index contributed by atoms with van der Waals surface area (Å²) >= 11 is 5.88. The maximum Gasteiger partial charge on any atom is 0.243 e. The molecule has 0 aliphatic rings. The molecule has 0 aromatic heterocycles. The molecule has 1 aromatic carbocycles. The number of halogens is 2. The van der Waals surface area contributed by atoms with Crippen molar-refractivity contribution in [1.29, 1.82) is 0 Å². The fraction of sp³-hybridized carbons (Fsp3) is 0.538. The third-order valence-electron chi connectivity index (χ3n) is 2.85. The molecule has 8 heteroatoms. The third-order valence-corrected chi connectivity index (χ3v) is 4.65. The van der Waals surface area contributed by atoms with Gasteiger partial charge in [-0.3, -0.25) is 0 Å². The molecule has 1 unspecified atom stereocenters. The number of hydrogen-bond donors (Lipinski definition) is 2.